The van der Waals surface area contributed by atoms with Crippen molar-refractivity contribution < 1.29 is 9.53 Å². The molecule has 0 aliphatic heterocycles. The van der Waals surface area contributed by atoms with Gasteiger partial charge >= 0.3 is 0 Å². The summed E-state index contributed by atoms with van der Waals surface area (Å²) in [6, 6.07) is 6.39. The molecular weight excluding hydrogens is 340 g/mol. The number of hydrogen-bond donors (Lipinski definition) is 1. The van der Waals surface area contributed by atoms with E-state index in [0.717, 1.165) is 38.9 Å². The summed E-state index contributed by atoms with van der Waals surface area (Å²) < 4.78 is 7.68. The number of hydrogen-bond acceptors (Lipinski definition) is 5. The molecule has 0 bridgehead atoms. The number of aromatic nitrogens is 1. The minimum absolute atomic E-state index is 0.175. The number of carbonyl (C=O) groups is 1. The quantitative estimate of drug-likeness (QED) is 0.728. The van der Waals surface area contributed by atoms with Crippen molar-refractivity contribution in [3.63, 3.8) is 0 Å². The molecule has 4 nitrogen and oxygen atoms in total. The number of amides is 1. The first-order valence-electron chi connectivity index (χ1n) is 8.70. The summed E-state index contributed by atoms with van der Waals surface area (Å²) in [4.78, 5) is 16.7. The summed E-state index contributed by atoms with van der Waals surface area (Å²) in [7, 11) is 0. The number of benzene rings is 1. The van der Waals surface area contributed by atoms with Crippen molar-refractivity contribution in [2.24, 2.45) is 0 Å². The fourth-order valence-electron chi connectivity index (χ4n) is 2.98. The Hall–Kier alpha value is -1.27. The van der Waals surface area contributed by atoms with Gasteiger partial charge in [0.25, 0.3) is 0 Å². The largest absolute Gasteiger partial charge is 0.494 e. The lowest BCUT2D eigenvalue weighted by Gasteiger charge is -2.22. The third kappa shape index (κ3) is 4.86. The second-order valence-corrected chi connectivity index (χ2v) is 8.42. The van der Waals surface area contributed by atoms with Crippen LogP contribution in [-0.2, 0) is 4.79 Å². The maximum absolute atomic E-state index is 12.0. The number of rotatable bonds is 7. The van der Waals surface area contributed by atoms with Gasteiger partial charge in [0.15, 0.2) is 4.34 Å². The molecule has 24 heavy (non-hydrogen) atoms. The van der Waals surface area contributed by atoms with Gasteiger partial charge in [-0.2, -0.15) is 0 Å². The monoisotopic (exact) mass is 364 g/mol. The van der Waals surface area contributed by atoms with Crippen LogP contribution >= 0.6 is 23.1 Å². The topological polar surface area (TPSA) is 51.2 Å². The van der Waals surface area contributed by atoms with Gasteiger partial charge in [-0.3, -0.25) is 4.79 Å². The molecule has 130 valence electrons. The Balaban J connectivity index is 1.47. The predicted molar refractivity (Wildman–Crippen MR) is 101 cm³/mol. The SMILES string of the molecule is CCOc1ccc2nc(SCCC(=O)NC3CCCCC3)sc2c1. The number of nitrogens with one attached hydrogen (secondary N) is 1. The minimum atomic E-state index is 0.175. The van der Waals surface area contributed by atoms with E-state index in [2.05, 4.69) is 10.3 Å². The molecule has 1 amide bonds. The van der Waals surface area contributed by atoms with Gasteiger partial charge in [-0.25, -0.2) is 4.98 Å². The normalized spacial score (nSPS) is 15.5. The Morgan fingerprint density at radius 3 is 3.00 bits per heavy atom. The lowest BCUT2D eigenvalue weighted by Crippen LogP contribution is -2.36. The van der Waals surface area contributed by atoms with Crippen molar-refractivity contribution in [2.75, 3.05) is 12.4 Å². The van der Waals surface area contributed by atoms with Gasteiger partial charge in [-0.15, -0.1) is 11.3 Å². The second kappa shape index (κ2) is 8.72. The van der Waals surface area contributed by atoms with Crippen LogP contribution in [0, 0.1) is 0 Å². The van der Waals surface area contributed by atoms with E-state index < -0.39 is 0 Å². The maximum Gasteiger partial charge on any atom is 0.221 e. The van der Waals surface area contributed by atoms with Crippen LogP contribution in [0.25, 0.3) is 10.2 Å². The average molecular weight is 365 g/mol. The van der Waals surface area contributed by atoms with Gasteiger partial charge in [0.2, 0.25) is 5.91 Å². The zero-order valence-corrected chi connectivity index (χ0v) is 15.7. The molecule has 0 saturated heterocycles. The predicted octanol–water partition coefficient (Wildman–Crippen LogP) is 4.63. The molecule has 0 atom stereocenters. The van der Waals surface area contributed by atoms with Gasteiger partial charge in [-0.1, -0.05) is 31.0 Å². The molecule has 0 unspecified atom stereocenters. The fourth-order valence-corrected chi connectivity index (χ4v) is 5.09. The summed E-state index contributed by atoms with van der Waals surface area (Å²) in [5, 5.41) is 3.17. The first-order valence-corrected chi connectivity index (χ1v) is 10.5. The molecule has 1 aromatic heterocycles. The maximum atomic E-state index is 12.0. The van der Waals surface area contributed by atoms with Crippen LogP contribution in [0.3, 0.4) is 0 Å². The van der Waals surface area contributed by atoms with Crippen molar-refractivity contribution in [1.82, 2.24) is 10.3 Å². The van der Waals surface area contributed by atoms with Gasteiger partial charge < -0.3 is 10.1 Å². The van der Waals surface area contributed by atoms with Gasteiger partial charge in [0.05, 0.1) is 16.8 Å². The van der Waals surface area contributed by atoms with Crippen molar-refractivity contribution in [3.8, 4) is 5.75 Å². The van der Waals surface area contributed by atoms with Crippen LogP contribution in [0.1, 0.15) is 45.4 Å². The molecule has 1 N–H and O–H groups in total. The van der Waals surface area contributed by atoms with Gasteiger partial charge in [-0.05, 0) is 38.0 Å². The Morgan fingerprint density at radius 1 is 1.38 bits per heavy atom. The molecule has 1 aliphatic carbocycles. The number of nitrogens with zero attached hydrogens (tertiary/aromatic N) is 1. The first-order chi connectivity index (χ1) is 11.7. The zero-order chi connectivity index (χ0) is 16.8. The van der Waals surface area contributed by atoms with E-state index in [9.17, 15) is 4.79 Å². The highest BCUT2D eigenvalue weighted by Gasteiger charge is 2.15. The van der Waals surface area contributed by atoms with Crippen molar-refractivity contribution in [3.05, 3.63) is 18.2 Å². The van der Waals surface area contributed by atoms with Crippen LogP contribution < -0.4 is 10.1 Å². The van der Waals surface area contributed by atoms with E-state index in [0.29, 0.717) is 19.1 Å². The zero-order valence-electron chi connectivity index (χ0n) is 14.0. The summed E-state index contributed by atoms with van der Waals surface area (Å²) >= 11 is 3.33. The molecule has 6 heteroatoms. The number of thioether (sulfide) groups is 1. The number of carbonyl (C=O) groups excluding carboxylic acids is 1. The Kier molecular flexibility index (Phi) is 6.37. The van der Waals surface area contributed by atoms with E-state index in [1.54, 1.807) is 23.1 Å². The molecule has 0 spiro atoms. The Morgan fingerprint density at radius 2 is 2.21 bits per heavy atom. The van der Waals surface area contributed by atoms with Crippen LogP contribution in [0.2, 0.25) is 0 Å². The highest BCUT2D eigenvalue weighted by Crippen LogP contribution is 2.32. The standard InChI is InChI=1S/C18H24N2O2S2/c1-2-22-14-8-9-15-16(12-14)24-18(20-15)23-11-10-17(21)19-13-6-4-3-5-7-13/h8-9,12-13H,2-7,10-11H2,1H3,(H,19,21). The van der Waals surface area contributed by atoms with E-state index in [4.69, 9.17) is 4.74 Å². The third-order valence-corrected chi connectivity index (χ3v) is 6.34. The summed E-state index contributed by atoms with van der Waals surface area (Å²) in [6.45, 7) is 2.65. The summed E-state index contributed by atoms with van der Waals surface area (Å²) in [5.74, 6) is 1.84. The minimum Gasteiger partial charge on any atom is -0.494 e. The number of fused-ring (bicyclic) bond motifs is 1. The highest BCUT2D eigenvalue weighted by atomic mass is 32.2. The van der Waals surface area contributed by atoms with E-state index in [-0.39, 0.29) is 5.91 Å². The Labute approximate surface area is 151 Å². The lowest BCUT2D eigenvalue weighted by atomic mass is 9.95. The van der Waals surface area contributed by atoms with Crippen LogP contribution in [0.4, 0.5) is 0 Å². The van der Waals surface area contributed by atoms with Crippen molar-refractivity contribution >= 4 is 39.2 Å². The molecule has 1 heterocycles. The van der Waals surface area contributed by atoms with Crippen LogP contribution in [-0.4, -0.2) is 29.3 Å². The molecule has 1 saturated carbocycles. The van der Waals surface area contributed by atoms with Gasteiger partial charge in [0, 0.05) is 18.2 Å². The first kappa shape index (κ1) is 17.5. The number of thiazole rings is 1. The van der Waals surface area contributed by atoms with Crippen LogP contribution in [0.5, 0.6) is 5.75 Å². The number of ether oxygens (including phenoxy) is 1. The molecule has 1 aliphatic rings. The lowest BCUT2D eigenvalue weighted by molar-refractivity contribution is -0.121. The van der Waals surface area contributed by atoms with E-state index in [1.165, 1.54) is 19.3 Å². The molecule has 2 aromatic rings. The molecule has 3 rings (SSSR count). The molecule has 1 fully saturated rings. The summed E-state index contributed by atoms with van der Waals surface area (Å²) in [6.07, 6.45) is 6.63. The van der Waals surface area contributed by atoms with E-state index in [1.807, 2.05) is 25.1 Å². The van der Waals surface area contributed by atoms with Crippen LogP contribution in [0.15, 0.2) is 22.5 Å². The second-order valence-electron chi connectivity index (χ2n) is 6.04. The average Bonchev–Trinajstić information content (AvgIpc) is 2.98. The van der Waals surface area contributed by atoms with Gasteiger partial charge in [0.1, 0.15) is 5.75 Å². The Bertz CT molecular complexity index is 681. The molecule has 0 radical (unpaired) electrons. The summed E-state index contributed by atoms with van der Waals surface area (Å²) in [5.41, 5.74) is 0.998. The van der Waals surface area contributed by atoms with Crippen molar-refractivity contribution in [1.29, 1.82) is 0 Å². The smallest absolute Gasteiger partial charge is 0.221 e. The van der Waals surface area contributed by atoms with Crippen molar-refractivity contribution in [2.45, 2.75) is 55.8 Å². The molecular formula is C18H24N2O2S2. The molecule has 1 aromatic carbocycles. The highest BCUT2D eigenvalue weighted by molar-refractivity contribution is 8.01. The third-order valence-electron chi connectivity index (χ3n) is 4.18. The van der Waals surface area contributed by atoms with E-state index >= 15 is 0 Å². The fraction of sp³-hybridized carbons (Fsp3) is 0.556.